The van der Waals surface area contributed by atoms with Gasteiger partial charge in [-0.15, -0.1) is 0 Å². The average Bonchev–Trinajstić information content (AvgIpc) is 3.52. The molecule has 0 saturated carbocycles. The number of aliphatic hydroxyl groups excluding tert-OH is 1. The number of fused-ring (bicyclic) bond motifs is 1. The van der Waals surface area contributed by atoms with Gasteiger partial charge in [0.2, 0.25) is 5.78 Å². The van der Waals surface area contributed by atoms with Gasteiger partial charge in [-0.1, -0.05) is 39.4 Å². The number of aliphatic hydroxyl groups is 1. The number of hydrogen-bond acceptors (Lipinski definition) is 7. The number of halogens is 1. The molecule has 0 bridgehead atoms. The molecule has 1 amide bonds. The van der Waals surface area contributed by atoms with Crippen LogP contribution in [0.3, 0.4) is 0 Å². The van der Waals surface area contributed by atoms with Crippen LogP contribution in [0.25, 0.3) is 10.2 Å². The van der Waals surface area contributed by atoms with E-state index in [1.807, 2.05) is 31.2 Å². The van der Waals surface area contributed by atoms with Gasteiger partial charge in [-0.2, -0.15) is 0 Å². The largest absolute Gasteiger partial charge is 0.503 e. The van der Waals surface area contributed by atoms with Gasteiger partial charge in [-0.05, 0) is 55.0 Å². The third-order valence-corrected chi connectivity index (χ3v) is 6.74. The Bertz CT molecular complexity index is 1410. The lowest BCUT2D eigenvalue weighted by Gasteiger charge is -2.24. The average molecular weight is 525 g/mol. The Morgan fingerprint density at radius 1 is 1.24 bits per heavy atom. The fourth-order valence-corrected chi connectivity index (χ4v) is 5.26. The number of ketones is 1. The van der Waals surface area contributed by atoms with E-state index in [0.29, 0.717) is 28.6 Å². The summed E-state index contributed by atoms with van der Waals surface area (Å²) >= 11 is 4.73. The quantitative estimate of drug-likeness (QED) is 0.319. The Kier molecular flexibility index (Phi) is 5.51. The lowest BCUT2D eigenvalue weighted by atomic mass is 9.95. The van der Waals surface area contributed by atoms with E-state index in [2.05, 4.69) is 20.9 Å². The van der Waals surface area contributed by atoms with E-state index < -0.39 is 23.5 Å². The van der Waals surface area contributed by atoms with E-state index in [1.54, 1.807) is 24.3 Å². The zero-order chi connectivity index (χ0) is 23.1. The van der Waals surface area contributed by atoms with Gasteiger partial charge in [-0.3, -0.25) is 14.5 Å². The molecule has 2 aromatic carbocycles. The first kappa shape index (κ1) is 21.4. The molecule has 1 atom stereocenters. The van der Waals surface area contributed by atoms with Crippen molar-refractivity contribution in [3.63, 3.8) is 0 Å². The Morgan fingerprint density at radius 3 is 2.82 bits per heavy atom. The molecule has 9 heteroatoms. The van der Waals surface area contributed by atoms with Crippen LogP contribution >= 0.6 is 27.3 Å². The first-order chi connectivity index (χ1) is 16.0. The number of furan rings is 1. The summed E-state index contributed by atoms with van der Waals surface area (Å²) in [5, 5.41) is 11.2. The van der Waals surface area contributed by atoms with Crippen LogP contribution in [0.2, 0.25) is 0 Å². The van der Waals surface area contributed by atoms with Crippen molar-refractivity contribution in [1.82, 2.24) is 4.98 Å². The molecule has 7 nitrogen and oxygen atoms in total. The maximum absolute atomic E-state index is 13.3. The molecule has 1 aliphatic heterocycles. The first-order valence-corrected chi connectivity index (χ1v) is 11.7. The van der Waals surface area contributed by atoms with Crippen molar-refractivity contribution in [3.8, 4) is 5.75 Å². The molecule has 3 heterocycles. The maximum Gasteiger partial charge on any atom is 0.296 e. The van der Waals surface area contributed by atoms with Crippen molar-refractivity contribution in [1.29, 1.82) is 0 Å². The molecule has 5 rings (SSSR count). The molecule has 2 aromatic heterocycles. The number of hydrogen-bond donors (Lipinski definition) is 1. The Morgan fingerprint density at radius 2 is 2.09 bits per heavy atom. The van der Waals surface area contributed by atoms with Crippen molar-refractivity contribution in [2.24, 2.45) is 0 Å². The third kappa shape index (κ3) is 3.73. The summed E-state index contributed by atoms with van der Waals surface area (Å²) in [5.74, 6) is -1.13. The topological polar surface area (TPSA) is 92.9 Å². The normalized spacial score (nSPS) is 16.1. The van der Waals surface area contributed by atoms with Crippen LogP contribution in [0.1, 0.15) is 29.1 Å². The van der Waals surface area contributed by atoms with Gasteiger partial charge >= 0.3 is 0 Å². The van der Waals surface area contributed by atoms with Crippen LogP contribution in [-0.4, -0.2) is 28.4 Å². The first-order valence-electron chi connectivity index (χ1n) is 10.1. The van der Waals surface area contributed by atoms with Gasteiger partial charge in [0.05, 0.1) is 34.7 Å². The van der Waals surface area contributed by atoms with Crippen LogP contribution in [0, 0.1) is 0 Å². The van der Waals surface area contributed by atoms with Gasteiger partial charge in [-0.25, -0.2) is 4.98 Å². The summed E-state index contributed by atoms with van der Waals surface area (Å²) in [6.07, 6.45) is 1.37. The zero-order valence-electron chi connectivity index (χ0n) is 17.3. The number of Topliss-reactive ketones (excluding diaryl/α,β-unsaturated/α-hetero) is 1. The molecule has 0 spiro atoms. The molecular weight excluding hydrogens is 508 g/mol. The molecule has 1 N–H and O–H groups in total. The molecule has 4 aromatic rings. The van der Waals surface area contributed by atoms with Gasteiger partial charge in [0.25, 0.3) is 5.91 Å². The smallest absolute Gasteiger partial charge is 0.296 e. The van der Waals surface area contributed by atoms with Gasteiger partial charge in [0.15, 0.2) is 16.7 Å². The highest BCUT2D eigenvalue weighted by Crippen LogP contribution is 2.44. The molecule has 0 fully saturated rings. The summed E-state index contributed by atoms with van der Waals surface area (Å²) < 4.78 is 12.4. The second-order valence-electron chi connectivity index (χ2n) is 7.26. The van der Waals surface area contributed by atoms with E-state index in [0.717, 1.165) is 9.17 Å². The number of nitrogens with zero attached hydrogens (tertiary/aromatic N) is 2. The van der Waals surface area contributed by atoms with E-state index in [9.17, 15) is 14.7 Å². The number of anilines is 1. The second-order valence-corrected chi connectivity index (χ2v) is 9.19. The minimum Gasteiger partial charge on any atom is -0.503 e. The second kappa shape index (κ2) is 8.49. The van der Waals surface area contributed by atoms with Crippen molar-refractivity contribution in [2.45, 2.75) is 13.0 Å². The lowest BCUT2D eigenvalue weighted by molar-refractivity contribution is -0.117. The number of aromatic nitrogens is 1. The molecule has 0 radical (unpaired) electrons. The molecule has 0 unspecified atom stereocenters. The van der Waals surface area contributed by atoms with Gasteiger partial charge in [0, 0.05) is 4.47 Å². The van der Waals surface area contributed by atoms with Crippen molar-refractivity contribution in [3.05, 3.63) is 88.0 Å². The van der Waals surface area contributed by atoms with Crippen LogP contribution < -0.4 is 9.64 Å². The number of ether oxygens (including phenoxy) is 1. The highest BCUT2D eigenvalue weighted by molar-refractivity contribution is 9.10. The van der Waals surface area contributed by atoms with Crippen LogP contribution in [0.4, 0.5) is 5.13 Å². The summed E-state index contributed by atoms with van der Waals surface area (Å²) in [6, 6.07) is 14.9. The number of rotatable bonds is 6. The van der Waals surface area contributed by atoms with Gasteiger partial charge in [0.1, 0.15) is 5.75 Å². The SMILES string of the molecule is CCOc1ccc2nc(N3C(=O)C(O)=C(C(=O)c4ccco4)[C@@H]3c3cccc(Br)c3)sc2c1. The molecule has 0 saturated heterocycles. The van der Waals surface area contributed by atoms with E-state index in [4.69, 9.17) is 9.15 Å². The van der Waals surface area contributed by atoms with Crippen LogP contribution in [0.15, 0.2) is 81.1 Å². The monoisotopic (exact) mass is 524 g/mol. The summed E-state index contributed by atoms with van der Waals surface area (Å²) in [5.41, 5.74) is 1.28. The fraction of sp³-hybridized carbons (Fsp3) is 0.125. The highest BCUT2D eigenvalue weighted by atomic mass is 79.9. The molecule has 1 aliphatic rings. The van der Waals surface area contributed by atoms with Crippen LogP contribution in [-0.2, 0) is 4.79 Å². The van der Waals surface area contributed by atoms with Crippen LogP contribution in [0.5, 0.6) is 5.75 Å². The zero-order valence-corrected chi connectivity index (χ0v) is 19.7. The minimum atomic E-state index is -0.875. The summed E-state index contributed by atoms with van der Waals surface area (Å²) in [4.78, 5) is 32.5. The molecule has 166 valence electrons. The molecular formula is C24H17BrN2O5S. The third-order valence-electron chi connectivity index (χ3n) is 5.23. The van der Waals surface area contributed by atoms with Crippen molar-refractivity contribution >= 4 is 54.3 Å². The predicted molar refractivity (Wildman–Crippen MR) is 128 cm³/mol. The van der Waals surface area contributed by atoms with E-state index in [-0.39, 0.29) is 11.3 Å². The van der Waals surface area contributed by atoms with Gasteiger partial charge < -0.3 is 14.3 Å². The maximum atomic E-state index is 13.3. The molecule has 0 aliphatic carbocycles. The number of benzene rings is 2. The predicted octanol–water partition coefficient (Wildman–Crippen LogP) is 5.83. The summed E-state index contributed by atoms with van der Waals surface area (Å²) in [6.45, 7) is 2.43. The number of thiazole rings is 1. The summed E-state index contributed by atoms with van der Waals surface area (Å²) in [7, 11) is 0. The molecule has 33 heavy (non-hydrogen) atoms. The van der Waals surface area contributed by atoms with E-state index >= 15 is 0 Å². The standard InChI is InChI=1S/C24H17BrN2O5S/c1-2-31-15-8-9-16-18(12-15)33-24(26-16)27-20(13-5-3-6-14(25)11-13)19(22(29)23(27)30)21(28)17-7-4-10-32-17/h3-12,20,29H,2H2,1H3/t20-/m0/s1. The highest BCUT2D eigenvalue weighted by Gasteiger charge is 2.46. The Labute approximate surface area is 201 Å². The number of amides is 1. The van der Waals surface area contributed by atoms with Crippen molar-refractivity contribution in [2.75, 3.05) is 11.5 Å². The van der Waals surface area contributed by atoms with Crippen molar-refractivity contribution < 1.29 is 23.8 Å². The number of carbonyl (C=O) groups excluding carboxylic acids is 2. The lowest BCUT2D eigenvalue weighted by Crippen LogP contribution is -2.30. The fourth-order valence-electron chi connectivity index (χ4n) is 3.82. The number of carbonyl (C=O) groups is 2. The van der Waals surface area contributed by atoms with E-state index in [1.165, 1.54) is 28.6 Å². The Balaban J connectivity index is 1.65. The Hall–Kier alpha value is -3.43. The minimum absolute atomic E-state index is 0.0388.